The van der Waals surface area contributed by atoms with E-state index in [0.717, 1.165) is 6.42 Å². The third-order valence-electron chi connectivity index (χ3n) is 4.05. The van der Waals surface area contributed by atoms with Gasteiger partial charge in [0.25, 0.3) is 5.91 Å². The molecular formula is C20H20F6N6O3. The zero-order valence-electron chi connectivity index (χ0n) is 18.0. The minimum atomic E-state index is -5.08. The largest absolute Gasteiger partial charge is 0.490 e. The molecule has 35 heavy (non-hydrogen) atoms. The Balaban J connectivity index is 0.000000540. The Kier molecular flexibility index (Phi) is 8.86. The van der Waals surface area contributed by atoms with Crippen LogP contribution in [-0.2, 0) is 4.79 Å². The lowest BCUT2D eigenvalue weighted by Crippen LogP contribution is -2.23. The number of carboxylic acid groups (broad SMARTS) is 1. The summed E-state index contributed by atoms with van der Waals surface area (Å²) in [6, 6.07) is 8.23. The minimum Gasteiger partial charge on any atom is -0.475 e. The van der Waals surface area contributed by atoms with E-state index in [2.05, 4.69) is 30.9 Å². The number of nitrogens with one attached hydrogen (secondary N) is 4. The van der Waals surface area contributed by atoms with Crippen molar-refractivity contribution in [3.05, 3.63) is 42.1 Å². The van der Waals surface area contributed by atoms with Gasteiger partial charge in [-0.2, -0.15) is 36.3 Å². The molecule has 3 aromatic rings. The first-order valence-corrected chi connectivity index (χ1v) is 9.91. The van der Waals surface area contributed by atoms with E-state index in [1.807, 2.05) is 6.92 Å². The van der Waals surface area contributed by atoms with Gasteiger partial charge >= 0.3 is 18.3 Å². The van der Waals surface area contributed by atoms with Gasteiger partial charge in [0.1, 0.15) is 18.0 Å². The topological polar surface area (TPSA) is 132 Å². The number of aliphatic carboxylic acids is 1. The number of rotatable bonds is 7. The number of hydrogen-bond acceptors (Lipinski definition) is 6. The molecule has 5 N–H and O–H groups in total. The fraction of sp³-hybridized carbons (Fsp3) is 0.300. The highest BCUT2D eigenvalue weighted by atomic mass is 19.4. The number of carbonyl (C=O) groups excluding carboxylic acids is 1. The minimum absolute atomic E-state index is 0.0710. The number of benzene rings is 1. The molecule has 9 nitrogen and oxygen atoms in total. The lowest BCUT2D eigenvalue weighted by molar-refractivity contribution is -0.192. The fourth-order valence-electron chi connectivity index (χ4n) is 2.49. The highest BCUT2D eigenvalue weighted by molar-refractivity contribution is 5.94. The molecule has 0 saturated carbocycles. The maximum Gasteiger partial charge on any atom is 0.490 e. The second kappa shape index (κ2) is 11.4. The van der Waals surface area contributed by atoms with Crippen LogP contribution >= 0.6 is 0 Å². The van der Waals surface area contributed by atoms with Gasteiger partial charge < -0.3 is 26.0 Å². The zero-order valence-corrected chi connectivity index (χ0v) is 18.0. The van der Waals surface area contributed by atoms with Gasteiger partial charge in [0.15, 0.2) is 0 Å². The summed E-state index contributed by atoms with van der Waals surface area (Å²) >= 11 is 0. The smallest absolute Gasteiger partial charge is 0.475 e. The van der Waals surface area contributed by atoms with Crippen LogP contribution in [0.15, 0.2) is 36.5 Å². The normalized spacial score (nSPS) is 11.4. The van der Waals surface area contributed by atoms with Crippen LogP contribution in [0.4, 0.5) is 43.8 Å². The van der Waals surface area contributed by atoms with Crippen molar-refractivity contribution in [1.29, 1.82) is 0 Å². The van der Waals surface area contributed by atoms with Crippen molar-refractivity contribution in [2.45, 2.75) is 25.7 Å². The van der Waals surface area contributed by atoms with Gasteiger partial charge in [-0.25, -0.2) is 4.79 Å². The van der Waals surface area contributed by atoms with Crippen molar-refractivity contribution in [2.24, 2.45) is 0 Å². The van der Waals surface area contributed by atoms with Gasteiger partial charge in [-0.3, -0.25) is 4.79 Å². The first-order valence-electron chi connectivity index (χ1n) is 9.91. The average molecular weight is 506 g/mol. The highest BCUT2D eigenvalue weighted by Crippen LogP contribution is 2.25. The molecule has 0 spiro atoms. The van der Waals surface area contributed by atoms with Crippen molar-refractivity contribution < 1.29 is 41.0 Å². The summed E-state index contributed by atoms with van der Waals surface area (Å²) in [7, 11) is 0. The number of carboxylic acids is 1. The SMILES string of the molecule is CCCNC(=O)c1ccc(Nc2nc(NCC(F)(F)F)c3cc[nH]c3n2)cc1.O=C(O)C(F)(F)F. The van der Waals surface area contributed by atoms with Crippen molar-refractivity contribution in [2.75, 3.05) is 23.7 Å². The highest BCUT2D eigenvalue weighted by Gasteiger charge is 2.38. The number of carbonyl (C=O) groups is 2. The Morgan fingerprint density at radius 1 is 1.03 bits per heavy atom. The Hall–Kier alpha value is -4.04. The number of fused-ring (bicyclic) bond motifs is 1. The van der Waals surface area contributed by atoms with Crippen molar-refractivity contribution in [3.63, 3.8) is 0 Å². The van der Waals surface area contributed by atoms with Crippen LogP contribution in [0.3, 0.4) is 0 Å². The Morgan fingerprint density at radius 3 is 2.20 bits per heavy atom. The number of H-pyrrole nitrogens is 1. The Labute approximate surface area is 194 Å². The van der Waals surface area contributed by atoms with Gasteiger partial charge in [0, 0.05) is 24.0 Å². The Morgan fingerprint density at radius 2 is 1.66 bits per heavy atom. The Bertz CT molecular complexity index is 1140. The number of aromatic nitrogens is 3. The fourth-order valence-corrected chi connectivity index (χ4v) is 2.49. The maximum atomic E-state index is 12.5. The summed E-state index contributed by atoms with van der Waals surface area (Å²) in [6.45, 7) is 1.36. The molecule has 0 unspecified atom stereocenters. The molecule has 3 rings (SSSR count). The molecule has 0 radical (unpaired) electrons. The summed E-state index contributed by atoms with van der Waals surface area (Å²) in [5.74, 6) is -2.73. The maximum absolute atomic E-state index is 12.5. The third-order valence-corrected chi connectivity index (χ3v) is 4.05. The number of amides is 1. The molecule has 190 valence electrons. The van der Waals surface area contributed by atoms with E-state index in [0.29, 0.717) is 28.8 Å². The number of aromatic amines is 1. The predicted molar refractivity (Wildman–Crippen MR) is 114 cm³/mol. The van der Waals surface area contributed by atoms with Crippen molar-refractivity contribution in [1.82, 2.24) is 20.3 Å². The van der Waals surface area contributed by atoms with Gasteiger partial charge in [-0.15, -0.1) is 0 Å². The molecule has 1 amide bonds. The van der Waals surface area contributed by atoms with E-state index in [1.165, 1.54) is 0 Å². The molecule has 2 aromatic heterocycles. The van der Waals surface area contributed by atoms with Gasteiger partial charge in [0.05, 0.1) is 5.39 Å². The van der Waals surface area contributed by atoms with Crippen molar-refractivity contribution in [3.8, 4) is 0 Å². The lowest BCUT2D eigenvalue weighted by atomic mass is 10.2. The van der Waals surface area contributed by atoms with Gasteiger partial charge in [-0.1, -0.05) is 6.92 Å². The molecule has 0 atom stereocenters. The molecule has 0 aliphatic carbocycles. The van der Waals surface area contributed by atoms with Gasteiger partial charge in [0.2, 0.25) is 5.95 Å². The van der Waals surface area contributed by atoms with E-state index in [4.69, 9.17) is 9.90 Å². The molecule has 0 saturated heterocycles. The lowest BCUT2D eigenvalue weighted by Gasteiger charge is -2.12. The molecular weight excluding hydrogens is 486 g/mol. The van der Waals surface area contributed by atoms with Gasteiger partial charge in [-0.05, 0) is 36.8 Å². The van der Waals surface area contributed by atoms with E-state index < -0.39 is 24.9 Å². The summed E-state index contributed by atoms with van der Waals surface area (Å²) in [6.07, 6.45) is -7.03. The van der Waals surface area contributed by atoms with Crippen LogP contribution in [0.25, 0.3) is 11.0 Å². The summed E-state index contributed by atoms with van der Waals surface area (Å²) in [4.78, 5) is 32.1. The van der Waals surface area contributed by atoms with Crippen molar-refractivity contribution >= 4 is 40.4 Å². The average Bonchev–Trinajstić information content (AvgIpc) is 3.24. The molecule has 2 heterocycles. The standard InChI is InChI=1S/C18H19F3N6O.C2HF3O2/c1-2-8-23-16(28)11-3-5-12(6-4-11)25-17-26-14-13(7-9-22-14)15(27-17)24-10-18(19,20)21;3-2(4,5)1(6)7/h3-7,9H,2,8,10H2,1H3,(H,23,28)(H3,22,24,25,26,27);(H,6,7). The third kappa shape index (κ3) is 8.68. The molecule has 0 aliphatic rings. The monoisotopic (exact) mass is 506 g/mol. The summed E-state index contributed by atoms with van der Waals surface area (Å²) in [5, 5.41) is 15.6. The second-order valence-corrected chi connectivity index (χ2v) is 6.87. The van der Waals surface area contributed by atoms with E-state index in [-0.39, 0.29) is 17.7 Å². The summed E-state index contributed by atoms with van der Waals surface area (Å²) in [5.41, 5.74) is 1.50. The number of halogens is 6. The second-order valence-electron chi connectivity index (χ2n) is 6.87. The number of hydrogen-bond donors (Lipinski definition) is 5. The van der Waals surface area contributed by atoms with Crippen LogP contribution in [0.5, 0.6) is 0 Å². The van der Waals surface area contributed by atoms with Crippen LogP contribution in [0.2, 0.25) is 0 Å². The predicted octanol–water partition coefficient (Wildman–Crippen LogP) is 4.45. The number of anilines is 3. The number of alkyl halides is 6. The van der Waals surface area contributed by atoms with Crippen LogP contribution < -0.4 is 16.0 Å². The zero-order chi connectivity index (χ0) is 26.2. The van der Waals surface area contributed by atoms with E-state index >= 15 is 0 Å². The quantitative estimate of drug-likeness (QED) is 0.299. The summed E-state index contributed by atoms with van der Waals surface area (Å²) < 4.78 is 69.3. The van der Waals surface area contributed by atoms with E-state index in [1.54, 1.807) is 36.5 Å². The van der Waals surface area contributed by atoms with Crippen LogP contribution in [0, 0.1) is 0 Å². The van der Waals surface area contributed by atoms with E-state index in [9.17, 15) is 31.1 Å². The molecule has 15 heteroatoms. The molecule has 0 aliphatic heterocycles. The molecule has 0 bridgehead atoms. The molecule has 0 fully saturated rings. The number of nitrogens with zero attached hydrogens (tertiary/aromatic N) is 2. The first kappa shape index (κ1) is 27.2. The van der Waals surface area contributed by atoms with Crippen LogP contribution in [-0.4, -0.2) is 57.4 Å². The first-order chi connectivity index (χ1) is 16.3. The van der Waals surface area contributed by atoms with Crippen LogP contribution in [0.1, 0.15) is 23.7 Å². The molecule has 1 aromatic carbocycles.